The highest BCUT2D eigenvalue weighted by atomic mass is 79.9. The maximum absolute atomic E-state index is 12.5. The quantitative estimate of drug-likeness (QED) is 0.420. The summed E-state index contributed by atoms with van der Waals surface area (Å²) in [6.07, 6.45) is 3.22. The van der Waals surface area contributed by atoms with Gasteiger partial charge in [-0.15, -0.1) is 0 Å². The summed E-state index contributed by atoms with van der Waals surface area (Å²) in [5.41, 5.74) is 1.20. The molecule has 0 fully saturated rings. The summed E-state index contributed by atoms with van der Waals surface area (Å²) < 4.78 is 6.60. The number of fused-ring (bicyclic) bond motifs is 1. The second-order valence-electron chi connectivity index (χ2n) is 4.53. The molecule has 0 radical (unpaired) electrons. The molecule has 2 aromatic heterocycles. The van der Waals surface area contributed by atoms with Crippen LogP contribution < -0.4 is 0 Å². The predicted octanol–water partition coefficient (Wildman–Crippen LogP) is 2.39. The molecule has 2 aromatic rings. The SMILES string of the molecule is CCN(CCCCOS)C(=O)c1ncc2c(n1)c(Br)nn2S. The van der Waals surface area contributed by atoms with Gasteiger partial charge in [-0.05, 0) is 61.4 Å². The molecule has 0 aliphatic carbocycles. The number of amides is 1. The lowest BCUT2D eigenvalue weighted by Gasteiger charge is -2.19. The van der Waals surface area contributed by atoms with Gasteiger partial charge in [0.15, 0.2) is 4.60 Å². The fourth-order valence-electron chi connectivity index (χ4n) is 1.98. The third-order valence-corrected chi connectivity index (χ3v) is 4.16. The summed E-state index contributed by atoms with van der Waals surface area (Å²) in [5.74, 6) is -0.0446. The number of nitrogens with zero attached hydrogens (tertiary/aromatic N) is 5. The van der Waals surface area contributed by atoms with Crippen molar-refractivity contribution in [3.05, 3.63) is 16.6 Å². The fraction of sp³-hybridized carbons (Fsp3) is 0.500. The number of rotatable bonds is 7. The number of hydrogen-bond acceptors (Lipinski definition) is 7. The lowest BCUT2D eigenvalue weighted by atomic mass is 10.3. The fourth-order valence-corrected chi connectivity index (χ4v) is 2.91. The molecule has 0 atom stereocenters. The summed E-state index contributed by atoms with van der Waals surface area (Å²) in [6.45, 7) is 3.70. The van der Waals surface area contributed by atoms with Crippen LogP contribution in [-0.4, -0.2) is 49.7 Å². The molecule has 22 heavy (non-hydrogen) atoms. The molecule has 0 aliphatic rings. The molecule has 10 heteroatoms. The molecule has 0 bridgehead atoms. The van der Waals surface area contributed by atoms with Gasteiger partial charge in [0.1, 0.15) is 11.0 Å². The molecular formula is C12H16BrN5O2S2. The number of halogens is 1. The summed E-state index contributed by atoms with van der Waals surface area (Å²) in [5, 5.41) is 4.07. The van der Waals surface area contributed by atoms with Crippen molar-refractivity contribution < 1.29 is 8.98 Å². The monoisotopic (exact) mass is 405 g/mol. The second kappa shape index (κ2) is 8.14. The minimum absolute atomic E-state index is 0.154. The molecule has 7 nitrogen and oxygen atoms in total. The minimum Gasteiger partial charge on any atom is -0.336 e. The Morgan fingerprint density at radius 1 is 1.50 bits per heavy atom. The van der Waals surface area contributed by atoms with Gasteiger partial charge in [-0.3, -0.25) is 4.79 Å². The van der Waals surface area contributed by atoms with Crippen LogP contribution in [0.3, 0.4) is 0 Å². The van der Waals surface area contributed by atoms with Gasteiger partial charge in [-0.25, -0.2) is 14.1 Å². The Balaban J connectivity index is 2.14. The van der Waals surface area contributed by atoms with Gasteiger partial charge in [0.2, 0.25) is 5.82 Å². The molecule has 0 saturated heterocycles. The van der Waals surface area contributed by atoms with E-state index in [1.165, 1.54) is 4.09 Å². The number of carbonyl (C=O) groups is 1. The van der Waals surface area contributed by atoms with E-state index in [2.05, 4.69) is 56.7 Å². The Hall–Kier alpha value is -0.840. The first-order chi connectivity index (χ1) is 10.6. The first-order valence-corrected chi connectivity index (χ1v) is 8.30. The normalized spacial score (nSPS) is 11.1. The molecule has 1 amide bonds. The highest BCUT2D eigenvalue weighted by Crippen LogP contribution is 2.21. The maximum atomic E-state index is 12.5. The Bertz CT molecular complexity index is 666. The number of thiol groups is 2. The number of hydrogen-bond donors (Lipinski definition) is 2. The molecular weight excluding hydrogens is 390 g/mol. The van der Waals surface area contributed by atoms with Crippen molar-refractivity contribution in [1.82, 2.24) is 24.1 Å². The van der Waals surface area contributed by atoms with E-state index in [1.54, 1.807) is 11.1 Å². The van der Waals surface area contributed by atoms with Crippen LogP contribution in [0.5, 0.6) is 0 Å². The van der Waals surface area contributed by atoms with Crippen molar-refractivity contribution in [1.29, 1.82) is 0 Å². The molecule has 0 aromatic carbocycles. The smallest absolute Gasteiger partial charge is 0.291 e. The molecule has 120 valence electrons. The van der Waals surface area contributed by atoms with Crippen LogP contribution in [0, 0.1) is 0 Å². The standard InChI is InChI=1S/C12H16BrN5O2S2/c1-2-17(5-3-4-6-20-22)12(19)11-14-7-8-9(15-11)10(13)16-18(8)21/h7,21-22H,2-6H2,1H3. The van der Waals surface area contributed by atoms with Gasteiger partial charge >= 0.3 is 0 Å². The van der Waals surface area contributed by atoms with Crippen LogP contribution in [0.1, 0.15) is 30.4 Å². The number of aromatic nitrogens is 4. The third-order valence-electron chi connectivity index (χ3n) is 3.14. The average molecular weight is 406 g/mol. The Kier molecular flexibility index (Phi) is 6.48. The van der Waals surface area contributed by atoms with E-state index in [1.807, 2.05) is 6.92 Å². The van der Waals surface area contributed by atoms with Crippen molar-refractivity contribution in [2.45, 2.75) is 19.8 Å². The Morgan fingerprint density at radius 3 is 2.95 bits per heavy atom. The van der Waals surface area contributed by atoms with Gasteiger partial charge in [0, 0.05) is 13.1 Å². The van der Waals surface area contributed by atoms with E-state index in [0.717, 1.165) is 12.8 Å². The Morgan fingerprint density at radius 2 is 2.27 bits per heavy atom. The molecule has 0 unspecified atom stereocenters. The zero-order valence-corrected chi connectivity index (χ0v) is 15.3. The van der Waals surface area contributed by atoms with E-state index < -0.39 is 0 Å². The van der Waals surface area contributed by atoms with Crippen molar-refractivity contribution >= 4 is 58.6 Å². The van der Waals surface area contributed by atoms with Crippen LogP contribution in [0.15, 0.2) is 10.8 Å². The van der Waals surface area contributed by atoms with Crippen LogP contribution >= 0.6 is 41.7 Å². The van der Waals surface area contributed by atoms with Crippen LogP contribution in [0.25, 0.3) is 11.0 Å². The third kappa shape index (κ3) is 3.92. The lowest BCUT2D eigenvalue weighted by molar-refractivity contribution is 0.0748. The van der Waals surface area contributed by atoms with Crippen molar-refractivity contribution in [3.63, 3.8) is 0 Å². The highest BCUT2D eigenvalue weighted by molar-refractivity contribution is 9.10. The van der Waals surface area contributed by atoms with Crippen LogP contribution in [0.2, 0.25) is 0 Å². The molecule has 0 saturated carbocycles. The van der Waals surface area contributed by atoms with Crippen LogP contribution in [0.4, 0.5) is 0 Å². The second-order valence-corrected chi connectivity index (χ2v) is 5.92. The van der Waals surface area contributed by atoms with Gasteiger partial charge in [0.05, 0.1) is 12.8 Å². The Labute approximate surface area is 147 Å². The van der Waals surface area contributed by atoms with Crippen molar-refractivity contribution in [2.24, 2.45) is 0 Å². The van der Waals surface area contributed by atoms with E-state index >= 15 is 0 Å². The summed E-state index contributed by atoms with van der Waals surface area (Å²) >= 11 is 11.2. The van der Waals surface area contributed by atoms with Crippen molar-refractivity contribution in [2.75, 3.05) is 19.7 Å². The first-order valence-electron chi connectivity index (χ1n) is 6.74. The minimum atomic E-state index is -0.199. The lowest BCUT2D eigenvalue weighted by Crippen LogP contribution is -2.33. The van der Waals surface area contributed by atoms with Crippen LogP contribution in [-0.2, 0) is 4.18 Å². The topological polar surface area (TPSA) is 73.1 Å². The molecule has 2 rings (SSSR count). The van der Waals surface area contributed by atoms with Gasteiger partial charge in [-0.1, -0.05) is 0 Å². The molecule has 0 spiro atoms. The average Bonchev–Trinajstić information content (AvgIpc) is 2.81. The maximum Gasteiger partial charge on any atom is 0.291 e. The van der Waals surface area contributed by atoms with E-state index in [9.17, 15) is 4.79 Å². The molecule has 2 heterocycles. The van der Waals surface area contributed by atoms with Gasteiger partial charge in [-0.2, -0.15) is 5.10 Å². The summed E-state index contributed by atoms with van der Waals surface area (Å²) in [7, 11) is 0. The first kappa shape index (κ1) is 17.5. The van der Waals surface area contributed by atoms with E-state index in [-0.39, 0.29) is 11.7 Å². The van der Waals surface area contributed by atoms with Crippen molar-refractivity contribution in [3.8, 4) is 0 Å². The molecule has 0 aliphatic heterocycles. The number of unbranched alkanes of at least 4 members (excludes halogenated alkanes) is 1. The van der Waals surface area contributed by atoms with E-state index in [4.69, 9.17) is 4.18 Å². The van der Waals surface area contributed by atoms with Gasteiger partial charge in [0.25, 0.3) is 5.91 Å². The zero-order chi connectivity index (χ0) is 16.1. The zero-order valence-electron chi connectivity index (χ0n) is 11.9. The largest absolute Gasteiger partial charge is 0.336 e. The highest BCUT2D eigenvalue weighted by Gasteiger charge is 2.19. The predicted molar refractivity (Wildman–Crippen MR) is 93.2 cm³/mol. The van der Waals surface area contributed by atoms with Gasteiger partial charge < -0.3 is 9.08 Å². The molecule has 0 N–H and O–H groups in total. The van der Waals surface area contributed by atoms with E-state index in [0.29, 0.717) is 35.3 Å². The summed E-state index contributed by atoms with van der Waals surface area (Å²) in [4.78, 5) is 22.6. The summed E-state index contributed by atoms with van der Waals surface area (Å²) in [6, 6.07) is 0. The number of carbonyl (C=O) groups excluding carboxylic acids is 1.